The molecule has 2 aromatic carbocycles. The van der Waals surface area contributed by atoms with Crippen LogP contribution in [0, 0.1) is 5.82 Å². The summed E-state index contributed by atoms with van der Waals surface area (Å²) in [5.74, 6) is 1.23. The van der Waals surface area contributed by atoms with Gasteiger partial charge in [0.05, 0.1) is 13.7 Å². The predicted octanol–water partition coefficient (Wildman–Crippen LogP) is 4.77. The first kappa shape index (κ1) is 21.6. The molecular formula is C24H27FN2O3. The summed E-state index contributed by atoms with van der Waals surface area (Å²) in [6.07, 6.45) is 0. The summed E-state index contributed by atoms with van der Waals surface area (Å²) in [4.78, 5) is 14.3. The number of carbonyl (C=O) groups is 1. The molecule has 30 heavy (non-hydrogen) atoms. The number of nitrogens with zero attached hydrogens (tertiary/aromatic N) is 1. The Hall–Kier alpha value is -3.12. The Morgan fingerprint density at radius 1 is 1.03 bits per heavy atom. The van der Waals surface area contributed by atoms with Crippen molar-refractivity contribution in [3.63, 3.8) is 0 Å². The molecule has 0 aliphatic carbocycles. The minimum absolute atomic E-state index is 0.0311. The fourth-order valence-corrected chi connectivity index (χ4v) is 3.23. The van der Waals surface area contributed by atoms with Crippen molar-refractivity contribution in [1.29, 1.82) is 0 Å². The molecule has 0 aliphatic rings. The number of benzene rings is 2. The normalized spacial score (nSPS) is 11.1. The van der Waals surface area contributed by atoms with Crippen LogP contribution in [0.5, 0.6) is 5.75 Å². The molecule has 0 unspecified atom stereocenters. The maximum absolute atomic E-state index is 13.7. The summed E-state index contributed by atoms with van der Waals surface area (Å²) in [6, 6.07) is 17.9. The van der Waals surface area contributed by atoms with E-state index in [4.69, 9.17) is 9.15 Å². The Morgan fingerprint density at radius 2 is 1.73 bits per heavy atom. The van der Waals surface area contributed by atoms with Crippen LogP contribution in [0.25, 0.3) is 0 Å². The summed E-state index contributed by atoms with van der Waals surface area (Å²) in [6.45, 7) is 5.42. The lowest BCUT2D eigenvalue weighted by Crippen LogP contribution is -2.29. The lowest BCUT2D eigenvalue weighted by molar-refractivity contribution is 0.0910. The van der Waals surface area contributed by atoms with Gasteiger partial charge in [-0.3, -0.25) is 9.69 Å². The number of ether oxygens (including phenoxy) is 1. The average Bonchev–Trinajstić information content (AvgIpc) is 3.16. The molecule has 0 spiro atoms. The van der Waals surface area contributed by atoms with Gasteiger partial charge in [-0.1, -0.05) is 24.3 Å². The van der Waals surface area contributed by atoms with Gasteiger partial charge in [0.1, 0.15) is 17.3 Å². The lowest BCUT2D eigenvalue weighted by atomic mass is 10.1. The maximum atomic E-state index is 13.7. The molecular weight excluding hydrogens is 383 g/mol. The number of halogens is 1. The first-order chi connectivity index (χ1) is 14.4. The van der Waals surface area contributed by atoms with E-state index in [9.17, 15) is 9.18 Å². The minimum Gasteiger partial charge on any atom is -0.497 e. The van der Waals surface area contributed by atoms with Crippen LogP contribution in [0.3, 0.4) is 0 Å². The van der Waals surface area contributed by atoms with Gasteiger partial charge in [0, 0.05) is 19.1 Å². The van der Waals surface area contributed by atoms with Gasteiger partial charge < -0.3 is 14.5 Å². The fraction of sp³-hybridized carbons (Fsp3) is 0.292. The number of rotatable bonds is 9. The van der Waals surface area contributed by atoms with Crippen molar-refractivity contribution in [3.05, 3.63) is 89.1 Å². The van der Waals surface area contributed by atoms with Crippen LogP contribution >= 0.6 is 0 Å². The van der Waals surface area contributed by atoms with Crippen molar-refractivity contribution in [3.8, 4) is 5.75 Å². The molecule has 3 aromatic rings. The highest BCUT2D eigenvalue weighted by atomic mass is 19.1. The van der Waals surface area contributed by atoms with E-state index in [0.29, 0.717) is 25.4 Å². The number of amides is 1. The molecule has 5 nitrogen and oxygen atoms in total. The molecule has 0 fully saturated rings. The zero-order valence-corrected chi connectivity index (χ0v) is 17.5. The molecule has 6 heteroatoms. The van der Waals surface area contributed by atoms with Gasteiger partial charge in [-0.25, -0.2) is 4.39 Å². The highest BCUT2D eigenvalue weighted by Crippen LogP contribution is 2.19. The Morgan fingerprint density at radius 3 is 2.40 bits per heavy atom. The van der Waals surface area contributed by atoms with Crippen LogP contribution in [0.1, 0.15) is 41.3 Å². The van der Waals surface area contributed by atoms with E-state index < -0.39 is 0 Å². The number of carbonyl (C=O) groups excluding carboxylic acids is 1. The molecule has 0 saturated carbocycles. The molecule has 0 bridgehead atoms. The Balaban J connectivity index is 1.78. The van der Waals surface area contributed by atoms with Crippen LogP contribution in [0.2, 0.25) is 0 Å². The molecule has 1 heterocycles. The average molecular weight is 410 g/mol. The van der Waals surface area contributed by atoms with Crippen molar-refractivity contribution in [2.24, 2.45) is 0 Å². The molecule has 3 rings (SSSR count). The molecule has 1 amide bonds. The van der Waals surface area contributed by atoms with Crippen LogP contribution < -0.4 is 10.1 Å². The van der Waals surface area contributed by atoms with Crippen LogP contribution in [0.4, 0.5) is 4.39 Å². The molecule has 0 aliphatic heterocycles. The minimum atomic E-state index is -0.264. The second-order valence-electron chi connectivity index (χ2n) is 7.52. The number of methoxy groups -OCH3 is 1. The van der Waals surface area contributed by atoms with E-state index in [0.717, 1.165) is 16.9 Å². The van der Waals surface area contributed by atoms with E-state index in [1.807, 2.05) is 44.2 Å². The highest BCUT2D eigenvalue weighted by molar-refractivity contribution is 5.91. The van der Waals surface area contributed by atoms with Crippen molar-refractivity contribution in [2.75, 3.05) is 7.11 Å². The number of hydrogen-bond acceptors (Lipinski definition) is 4. The van der Waals surface area contributed by atoms with E-state index in [1.54, 1.807) is 25.3 Å². The van der Waals surface area contributed by atoms with Crippen molar-refractivity contribution in [1.82, 2.24) is 10.2 Å². The van der Waals surface area contributed by atoms with Crippen molar-refractivity contribution >= 4 is 5.91 Å². The molecule has 1 N–H and O–H groups in total. The van der Waals surface area contributed by atoms with Crippen LogP contribution in [0.15, 0.2) is 65.1 Å². The maximum Gasteiger partial charge on any atom is 0.287 e. The highest BCUT2D eigenvalue weighted by Gasteiger charge is 2.15. The van der Waals surface area contributed by atoms with E-state index in [-0.39, 0.29) is 23.5 Å². The van der Waals surface area contributed by atoms with Gasteiger partial charge in [0.2, 0.25) is 0 Å². The first-order valence-electron chi connectivity index (χ1n) is 9.92. The van der Waals surface area contributed by atoms with Gasteiger partial charge in [-0.15, -0.1) is 0 Å². The third-order valence-electron chi connectivity index (χ3n) is 4.52. The number of furan rings is 1. The topological polar surface area (TPSA) is 54.7 Å². The Labute approximate surface area is 176 Å². The first-order valence-corrected chi connectivity index (χ1v) is 9.92. The van der Waals surface area contributed by atoms with Crippen LogP contribution in [-0.2, 0) is 19.6 Å². The fourth-order valence-electron chi connectivity index (χ4n) is 3.23. The number of hydrogen-bond donors (Lipinski definition) is 1. The smallest absolute Gasteiger partial charge is 0.287 e. The van der Waals surface area contributed by atoms with E-state index in [1.165, 1.54) is 12.1 Å². The zero-order valence-electron chi connectivity index (χ0n) is 17.5. The second kappa shape index (κ2) is 10.1. The third-order valence-corrected chi connectivity index (χ3v) is 4.52. The van der Waals surface area contributed by atoms with Crippen molar-refractivity contribution in [2.45, 2.75) is 39.5 Å². The second-order valence-corrected chi connectivity index (χ2v) is 7.52. The van der Waals surface area contributed by atoms with Gasteiger partial charge in [0.15, 0.2) is 5.76 Å². The summed E-state index contributed by atoms with van der Waals surface area (Å²) in [5.41, 5.74) is 1.93. The van der Waals surface area contributed by atoms with Crippen LogP contribution in [-0.4, -0.2) is 24.0 Å². The van der Waals surface area contributed by atoms with E-state index >= 15 is 0 Å². The van der Waals surface area contributed by atoms with Gasteiger partial charge in [0.25, 0.3) is 5.91 Å². The summed E-state index contributed by atoms with van der Waals surface area (Å²) < 4.78 is 24.8. The number of nitrogens with one attached hydrogen (secondary N) is 1. The molecule has 1 aromatic heterocycles. The molecule has 0 saturated heterocycles. The largest absolute Gasteiger partial charge is 0.497 e. The molecule has 158 valence electrons. The third kappa shape index (κ3) is 6.19. The standard InChI is InChI=1S/C24H27FN2O3/c1-17(2)26-24(28)23-11-10-22(30-23)16-27(14-18-6-4-8-20(25)12-18)15-19-7-5-9-21(13-19)29-3/h4-13,17H,14-16H2,1-3H3,(H,26,28). The zero-order chi connectivity index (χ0) is 21.5. The molecule has 0 radical (unpaired) electrons. The molecule has 0 atom stereocenters. The monoisotopic (exact) mass is 410 g/mol. The summed E-state index contributed by atoms with van der Waals surface area (Å²) in [7, 11) is 1.64. The van der Waals surface area contributed by atoms with Gasteiger partial charge in [-0.05, 0) is 61.4 Å². The van der Waals surface area contributed by atoms with E-state index in [2.05, 4.69) is 10.2 Å². The summed E-state index contributed by atoms with van der Waals surface area (Å²) in [5, 5.41) is 2.82. The quantitative estimate of drug-likeness (QED) is 0.552. The van der Waals surface area contributed by atoms with Gasteiger partial charge >= 0.3 is 0 Å². The lowest BCUT2D eigenvalue weighted by Gasteiger charge is -2.22. The Kier molecular flexibility index (Phi) is 7.25. The SMILES string of the molecule is COc1cccc(CN(Cc2cccc(F)c2)Cc2ccc(C(=O)NC(C)C)o2)c1. The predicted molar refractivity (Wildman–Crippen MR) is 114 cm³/mol. The Bertz CT molecular complexity index is 984. The van der Waals surface area contributed by atoms with Gasteiger partial charge in [-0.2, -0.15) is 0 Å². The summed E-state index contributed by atoms with van der Waals surface area (Å²) >= 11 is 0. The van der Waals surface area contributed by atoms with Crippen molar-refractivity contribution < 1.29 is 18.3 Å².